The second kappa shape index (κ2) is 8.14. The lowest BCUT2D eigenvalue weighted by Crippen LogP contribution is -2.37. The number of nitrogens with zero attached hydrogens (tertiary/aromatic N) is 4. The summed E-state index contributed by atoms with van der Waals surface area (Å²) in [5.74, 6) is 1.34. The van der Waals surface area contributed by atoms with Gasteiger partial charge in [0.15, 0.2) is 5.96 Å². The molecule has 130 valence electrons. The average molecular weight is 338 g/mol. The molecular weight excluding hydrogens is 316 g/mol. The van der Waals surface area contributed by atoms with Crippen LogP contribution in [0.5, 0.6) is 0 Å². The first-order chi connectivity index (χ1) is 12.3. The number of aliphatic imine (C=N–C) groups is 1. The summed E-state index contributed by atoms with van der Waals surface area (Å²) in [5, 5.41) is 10.7. The van der Waals surface area contributed by atoms with E-state index >= 15 is 0 Å². The Hall–Kier alpha value is -3.09. The van der Waals surface area contributed by atoms with E-state index in [9.17, 15) is 0 Å². The Balaban J connectivity index is 1.63. The highest BCUT2D eigenvalue weighted by Crippen LogP contribution is 2.18. The standard InChI is InChI=1S/C18H22N6O/c1-3-19-18(21-12-16-9-10-22-24(16)2)20-11-15-13-25-17(23-15)14-7-5-4-6-8-14/h4-10,13H,3,11-12H2,1-2H3,(H2,19,20,21). The summed E-state index contributed by atoms with van der Waals surface area (Å²) in [4.78, 5) is 9.06. The highest BCUT2D eigenvalue weighted by atomic mass is 16.3. The van der Waals surface area contributed by atoms with Crippen molar-refractivity contribution >= 4 is 5.96 Å². The molecule has 0 radical (unpaired) electrons. The van der Waals surface area contributed by atoms with Gasteiger partial charge in [-0.3, -0.25) is 4.68 Å². The van der Waals surface area contributed by atoms with Crippen molar-refractivity contribution in [2.75, 3.05) is 6.54 Å². The van der Waals surface area contributed by atoms with Crippen LogP contribution < -0.4 is 10.6 Å². The number of aryl methyl sites for hydroxylation is 1. The van der Waals surface area contributed by atoms with Crippen LogP contribution in [-0.4, -0.2) is 27.3 Å². The Morgan fingerprint density at radius 1 is 1.20 bits per heavy atom. The van der Waals surface area contributed by atoms with Gasteiger partial charge in [-0.05, 0) is 25.1 Å². The minimum Gasteiger partial charge on any atom is -0.444 e. The summed E-state index contributed by atoms with van der Waals surface area (Å²) in [5.41, 5.74) is 2.83. The zero-order chi connectivity index (χ0) is 17.5. The van der Waals surface area contributed by atoms with E-state index in [0.29, 0.717) is 19.0 Å². The molecule has 0 fully saturated rings. The van der Waals surface area contributed by atoms with E-state index in [1.54, 1.807) is 12.5 Å². The zero-order valence-corrected chi connectivity index (χ0v) is 14.4. The molecule has 0 saturated heterocycles. The molecule has 0 unspecified atom stereocenters. The molecule has 0 aliphatic rings. The third kappa shape index (κ3) is 4.47. The average Bonchev–Trinajstić information content (AvgIpc) is 3.27. The number of aromatic nitrogens is 3. The lowest BCUT2D eigenvalue weighted by Gasteiger charge is -2.10. The van der Waals surface area contributed by atoms with Crippen molar-refractivity contribution in [3.05, 3.63) is 60.2 Å². The van der Waals surface area contributed by atoms with Gasteiger partial charge in [0, 0.05) is 25.4 Å². The van der Waals surface area contributed by atoms with Crippen molar-refractivity contribution in [1.82, 2.24) is 25.4 Å². The smallest absolute Gasteiger partial charge is 0.226 e. The Morgan fingerprint density at radius 2 is 2.04 bits per heavy atom. The molecular formula is C18H22N6O. The number of rotatable bonds is 6. The van der Waals surface area contributed by atoms with Gasteiger partial charge in [-0.1, -0.05) is 18.2 Å². The van der Waals surface area contributed by atoms with Gasteiger partial charge in [0.05, 0.1) is 18.8 Å². The van der Waals surface area contributed by atoms with Gasteiger partial charge in [-0.25, -0.2) is 9.98 Å². The van der Waals surface area contributed by atoms with E-state index in [1.165, 1.54) is 0 Å². The van der Waals surface area contributed by atoms with Crippen LogP contribution in [0.3, 0.4) is 0 Å². The molecule has 3 aromatic rings. The minimum atomic E-state index is 0.442. The summed E-state index contributed by atoms with van der Waals surface area (Å²) in [6, 6.07) is 11.8. The number of guanidine groups is 1. The Bertz CT molecular complexity index is 821. The number of oxazole rings is 1. The van der Waals surface area contributed by atoms with E-state index in [0.717, 1.165) is 29.5 Å². The molecule has 0 aliphatic carbocycles. The predicted octanol–water partition coefficient (Wildman–Crippen LogP) is 2.33. The monoisotopic (exact) mass is 338 g/mol. The van der Waals surface area contributed by atoms with Crippen molar-refractivity contribution in [3.8, 4) is 11.5 Å². The van der Waals surface area contributed by atoms with Gasteiger partial charge >= 0.3 is 0 Å². The number of benzene rings is 1. The molecule has 0 amide bonds. The van der Waals surface area contributed by atoms with Gasteiger partial charge in [-0.15, -0.1) is 0 Å². The molecule has 0 aliphatic heterocycles. The molecule has 3 rings (SSSR count). The van der Waals surface area contributed by atoms with Crippen molar-refractivity contribution in [2.45, 2.75) is 20.0 Å². The first-order valence-electron chi connectivity index (χ1n) is 8.25. The van der Waals surface area contributed by atoms with Crippen molar-refractivity contribution in [3.63, 3.8) is 0 Å². The minimum absolute atomic E-state index is 0.442. The van der Waals surface area contributed by atoms with Crippen LogP contribution in [-0.2, 0) is 20.1 Å². The molecule has 2 heterocycles. The van der Waals surface area contributed by atoms with Crippen LogP contribution in [0, 0.1) is 0 Å². The van der Waals surface area contributed by atoms with Gasteiger partial charge in [-0.2, -0.15) is 5.10 Å². The molecule has 0 saturated carbocycles. The van der Waals surface area contributed by atoms with Crippen LogP contribution in [0.25, 0.3) is 11.5 Å². The second-order valence-corrected chi connectivity index (χ2v) is 5.50. The molecule has 0 spiro atoms. The maximum atomic E-state index is 5.54. The first-order valence-corrected chi connectivity index (χ1v) is 8.25. The molecule has 2 N–H and O–H groups in total. The summed E-state index contributed by atoms with van der Waals surface area (Å²) < 4.78 is 7.38. The number of hydrogen-bond donors (Lipinski definition) is 2. The van der Waals surface area contributed by atoms with Crippen LogP contribution in [0.1, 0.15) is 18.3 Å². The van der Waals surface area contributed by atoms with E-state index in [1.807, 2.05) is 55.1 Å². The summed E-state index contributed by atoms with van der Waals surface area (Å²) in [6.07, 6.45) is 3.43. The largest absolute Gasteiger partial charge is 0.444 e. The van der Waals surface area contributed by atoms with E-state index in [2.05, 4.69) is 25.7 Å². The van der Waals surface area contributed by atoms with Crippen LogP contribution >= 0.6 is 0 Å². The summed E-state index contributed by atoms with van der Waals surface area (Å²) in [7, 11) is 1.92. The Labute approximate surface area is 146 Å². The summed E-state index contributed by atoms with van der Waals surface area (Å²) in [6.45, 7) is 3.91. The van der Waals surface area contributed by atoms with Crippen LogP contribution in [0.4, 0.5) is 0 Å². The molecule has 1 aromatic carbocycles. The zero-order valence-electron chi connectivity index (χ0n) is 14.4. The van der Waals surface area contributed by atoms with Gasteiger partial charge in [0.1, 0.15) is 12.0 Å². The van der Waals surface area contributed by atoms with Crippen molar-refractivity contribution in [1.29, 1.82) is 0 Å². The Morgan fingerprint density at radius 3 is 2.76 bits per heavy atom. The normalized spacial score (nSPS) is 11.5. The maximum Gasteiger partial charge on any atom is 0.226 e. The van der Waals surface area contributed by atoms with Gasteiger partial charge in [0.2, 0.25) is 5.89 Å². The van der Waals surface area contributed by atoms with Crippen molar-refractivity contribution in [2.24, 2.45) is 12.0 Å². The quantitative estimate of drug-likeness (QED) is 0.533. The molecule has 0 bridgehead atoms. The number of nitrogens with one attached hydrogen (secondary N) is 2. The summed E-state index contributed by atoms with van der Waals surface area (Å²) >= 11 is 0. The predicted molar refractivity (Wildman–Crippen MR) is 96.8 cm³/mol. The van der Waals surface area contributed by atoms with Crippen LogP contribution in [0.2, 0.25) is 0 Å². The number of hydrogen-bond acceptors (Lipinski definition) is 4. The fourth-order valence-corrected chi connectivity index (χ4v) is 2.34. The lowest BCUT2D eigenvalue weighted by molar-refractivity contribution is 0.572. The van der Waals surface area contributed by atoms with Crippen molar-refractivity contribution < 1.29 is 4.42 Å². The molecule has 25 heavy (non-hydrogen) atoms. The molecule has 0 atom stereocenters. The lowest BCUT2D eigenvalue weighted by atomic mass is 10.2. The van der Waals surface area contributed by atoms with E-state index in [-0.39, 0.29) is 0 Å². The third-order valence-electron chi connectivity index (χ3n) is 3.68. The first kappa shape index (κ1) is 16.8. The SMILES string of the molecule is CCNC(=NCc1coc(-c2ccccc2)n1)NCc1ccnn1C. The van der Waals surface area contributed by atoms with Gasteiger partial charge < -0.3 is 15.1 Å². The van der Waals surface area contributed by atoms with Gasteiger partial charge in [0.25, 0.3) is 0 Å². The molecule has 2 aromatic heterocycles. The van der Waals surface area contributed by atoms with E-state index < -0.39 is 0 Å². The van der Waals surface area contributed by atoms with Crippen LogP contribution in [0.15, 0.2) is 58.3 Å². The Kier molecular flexibility index (Phi) is 5.46. The maximum absolute atomic E-state index is 5.54. The van der Waals surface area contributed by atoms with E-state index in [4.69, 9.17) is 4.42 Å². The topological polar surface area (TPSA) is 80.3 Å². The third-order valence-corrected chi connectivity index (χ3v) is 3.68. The molecule has 7 nitrogen and oxygen atoms in total. The fraction of sp³-hybridized carbons (Fsp3) is 0.278. The fourth-order valence-electron chi connectivity index (χ4n) is 2.34. The highest BCUT2D eigenvalue weighted by Gasteiger charge is 2.06. The molecule has 7 heteroatoms. The second-order valence-electron chi connectivity index (χ2n) is 5.50. The highest BCUT2D eigenvalue weighted by molar-refractivity contribution is 5.79.